The molecule has 106 valence electrons. The number of hydrogen-bond donors (Lipinski definition) is 2. The van der Waals surface area contributed by atoms with Crippen LogP contribution in [0.2, 0.25) is 0 Å². The van der Waals surface area contributed by atoms with Gasteiger partial charge in [0.25, 0.3) is 0 Å². The van der Waals surface area contributed by atoms with Gasteiger partial charge in [-0.2, -0.15) is 0 Å². The minimum Gasteiger partial charge on any atom is -0.333 e. The quantitative estimate of drug-likeness (QED) is 0.830. The van der Waals surface area contributed by atoms with Gasteiger partial charge in [0.05, 0.1) is 6.54 Å². The lowest BCUT2D eigenvalue weighted by Gasteiger charge is -2.11. The van der Waals surface area contributed by atoms with E-state index in [4.69, 9.17) is 0 Å². The van der Waals surface area contributed by atoms with Crippen LogP contribution in [0.4, 0.5) is 10.5 Å². The molecule has 3 nitrogen and oxygen atoms in total. The molecule has 0 spiro atoms. The normalized spacial score (nSPS) is 11.9. The van der Waals surface area contributed by atoms with Crippen molar-refractivity contribution >= 4 is 23.1 Å². The van der Waals surface area contributed by atoms with Crippen LogP contribution in [0.1, 0.15) is 36.6 Å². The first-order valence-electron chi connectivity index (χ1n) is 6.86. The fourth-order valence-electron chi connectivity index (χ4n) is 1.89. The molecule has 0 aliphatic rings. The van der Waals surface area contributed by atoms with Crippen molar-refractivity contribution in [2.45, 2.75) is 32.7 Å². The van der Waals surface area contributed by atoms with E-state index < -0.39 is 0 Å². The average Bonchev–Trinajstić information content (AvgIpc) is 2.98. The smallest absolute Gasteiger partial charge is 0.319 e. The number of amides is 2. The van der Waals surface area contributed by atoms with Gasteiger partial charge in [-0.25, -0.2) is 4.79 Å². The van der Waals surface area contributed by atoms with Crippen LogP contribution in [0.3, 0.4) is 0 Å². The first kappa shape index (κ1) is 14.6. The van der Waals surface area contributed by atoms with E-state index in [-0.39, 0.29) is 6.03 Å². The van der Waals surface area contributed by atoms with E-state index in [9.17, 15) is 4.79 Å². The molecule has 0 aliphatic carbocycles. The number of rotatable bonds is 5. The van der Waals surface area contributed by atoms with Gasteiger partial charge in [0.15, 0.2) is 0 Å². The minimum absolute atomic E-state index is 0.172. The maximum absolute atomic E-state index is 11.8. The van der Waals surface area contributed by atoms with Gasteiger partial charge in [0, 0.05) is 10.6 Å². The molecule has 0 radical (unpaired) electrons. The fraction of sp³-hybridized carbons (Fsp3) is 0.312. The Labute approximate surface area is 124 Å². The summed E-state index contributed by atoms with van der Waals surface area (Å²) in [7, 11) is 0. The Balaban J connectivity index is 1.84. The molecule has 2 N–H and O–H groups in total. The lowest BCUT2D eigenvalue weighted by molar-refractivity contribution is 0.252. The predicted molar refractivity (Wildman–Crippen MR) is 85.3 cm³/mol. The zero-order valence-electron chi connectivity index (χ0n) is 11.8. The monoisotopic (exact) mass is 288 g/mol. The maximum Gasteiger partial charge on any atom is 0.319 e. The molecule has 0 saturated heterocycles. The molecule has 0 fully saturated rings. The molecule has 2 aromatic rings. The molecule has 20 heavy (non-hydrogen) atoms. The summed E-state index contributed by atoms with van der Waals surface area (Å²) in [5.41, 5.74) is 2.12. The molecule has 1 atom stereocenters. The Morgan fingerprint density at radius 1 is 1.25 bits per heavy atom. The van der Waals surface area contributed by atoms with Crippen LogP contribution in [-0.4, -0.2) is 6.03 Å². The van der Waals surface area contributed by atoms with Gasteiger partial charge in [-0.15, -0.1) is 11.3 Å². The molecular formula is C16H20N2OS. The first-order chi connectivity index (χ1) is 9.69. The molecule has 0 unspecified atom stereocenters. The van der Waals surface area contributed by atoms with Crippen LogP contribution >= 0.6 is 11.3 Å². The lowest BCUT2D eigenvalue weighted by Crippen LogP contribution is -2.27. The van der Waals surface area contributed by atoms with Crippen molar-refractivity contribution in [2.24, 2.45) is 0 Å². The van der Waals surface area contributed by atoms with Crippen molar-refractivity contribution in [1.82, 2.24) is 5.32 Å². The molecule has 4 heteroatoms. The molecule has 0 bridgehead atoms. The van der Waals surface area contributed by atoms with Crippen LogP contribution in [0.5, 0.6) is 0 Å². The van der Waals surface area contributed by atoms with Gasteiger partial charge >= 0.3 is 6.03 Å². The number of urea groups is 1. The van der Waals surface area contributed by atoms with Gasteiger partial charge in [-0.3, -0.25) is 0 Å². The average molecular weight is 288 g/mol. The van der Waals surface area contributed by atoms with Crippen molar-refractivity contribution in [3.63, 3.8) is 0 Å². The molecule has 0 saturated carbocycles. The molecular weight excluding hydrogens is 268 g/mol. The molecule has 1 heterocycles. The van der Waals surface area contributed by atoms with E-state index in [1.807, 2.05) is 29.6 Å². The number of nitrogens with one attached hydrogen (secondary N) is 2. The maximum atomic E-state index is 11.8. The highest BCUT2D eigenvalue weighted by Gasteiger charge is 2.05. The minimum atomic E-state index is -0.172. The first-order valence-corrected chi connectivity index (χ1v) is 7.74. The predicted octanol–water partition coefficient (Wildman–Crippen LogP) is 4.58. The summed E-state index contributed by atoms with van der Waals surface area (Å²) in [5.74, 6) is 0.553. The van der Waals surface area contributed by atoms with Crippen molar-refractivity contribution in [1.29, 1.82) is 0 Å². The molecule has 2 rings (SSSR count). The highest BCUT2D eigenvalue weighted by atomic mass is 32.1. The van der Waals surface area contributed by atoms with Crippen LogP contribution in [0, 0.1) is 0 Å². The highest BCUT2D eigenvalue weighted by Crippen LogP contribution is 2.20. The number of anilines is 1. The largest absolute Gasteiger partial charge is 0.333 e. The molecule has 2 amide bonds. The van der Waals surface area contributed by atoms with E-state index in [0.29, 0.717) is 12.5 Å². The standard InChI is InChI=1S/C16H20N2OS/c1-3-12(2)13-6-8-14(9-7-13)18-16(19)17-11-15-5-4-10-20-15/h4-10,12H,3,11H2,1-2H3,(H2,17,18,19)/t12-/m0/s1. The van der Waals surface area contributed by atoms with Gasteiger partial charge in [0.2, 0.25) is 0 Å². The zero-order valence-corrected chi connectivity index (χ0v) is 12.7. The summed E-state index contributed by atoms with van der Waals surface area (Å²) >= 11 is 1.64. The summed E-state index contributed by atoms with van der Waals surface area (Å²) in [4.78, 5) is 12.9. The third-order valence-electron chi connectivity index (χ3n) is 3.35. The summed E-state index contributed by atoms with van der Waals surface area (Å²) in [5, 5.41) is 7.69. The number of hydrogen-bond acceptors (Lipinski definition) is 2. The Hall–Kier alpha value is -1.81. The van der Waals surface area contributed by atoms with Crippen LogP contribution in [0.15, 0.2) is 41.8 Å². The topological polar surface area (TPSA) is 41.1 Å². The number of carbonyl (C=O) groups is 1. The Kier molecular flexibility index (Phi) is 5.18. The van der Waals surface area contributed by atoms with Gasteiger partial charge in [0.1, 0.15) is 0 Å². The lowest BCUT2D eigenvalue weighted by atomic mass is 9.99. The summed E-state index contributed by atoms with van der Waals surface area (Å²) in [6.45, 7) is 4.94. The Morgan fingerprint density at radius 2 is 2.00 bits per heavy atom. The van der Waals surface area contributed by atoms with E-state index >= 15 is 0 Å². The van der Waals surface area contributed by atoms with E-state index in [1.54, 1.807) is 11.3 Å². The van der Waals surface area contributed by atoms with Crippen LogP contribution < -0.4 is 10.6 Å². The van der Waals surface area contributed by atoms with Crippen molar-refractivity contribution in [3.8, 4) is 0 Å². The van der Waals surface area contributed by atoms with E-state index in [0.717, 1.165) is 17.0 Å². The number of thiophene rings is 1. The summed E-state index contributed by atoms with van der Waals surface area (Å²) < 4.78 is 0. The van der Waals surface area contributed by atoms with Crippen molar-refractivity contribution in [3.05, 3.63) is 52.2 Å². The van der Waals surface area contributed by atoms with Crippen molar-refractivity contribution in [2.75, 3.05) is 5.32 Å². The van der Waals surface area contributed by atoms with Crippen LogP contribution in [-0.2, 0) is 6.54 Å². The fourth-order valence-corrected chi connectivity index (χ4v) is 2.53. The zero-order chi connectivity index (χ0) is 14.4. The SMILES string of the molecule is CC[C@H](C)c1ccc(NC(=O)NCc2cccs2)cc1. The third kappa shape index (κ3) is 4.10. The van der Waals surface area contributed by atoms with E-state index in [2.05, 4.69) is 36.6 Å². The Morgan fingerprint density at radius 3 is 2.60 bits per heavy atom. The highest BCUT2D eigenvalue weighted by molar-refractivity contribution is 7.09. The summed E-state index contributed by atoms with van der Waals surface area (Å²) in [6.07, 6.45) is 1.12. The van der Waals surface area contributed by atoms with Crippen LogP contribution in [0.25, 0.3) is 0 Å². The second-order valence-corrected chi connectivity index (χ2v) is 5.85. The molecule has 1 aromatic heterocycles. The second kappa shape index (κ2) is 7.10. The second-order valence-electron chi connectivity index (χ2n) is 4.82. The van der Waals surface area contributed by atoms with Crippen molar-refractivity contribution < 1.29 is 4.79 Å². The van der Waals surface area contributed by atoms with Gasteiger partial charge < -0.3 is 10.6 Å². The Bertz CT molecular complexity index is 534. The molecule has 0 aliphatic heterocycles. The van der Waals surface area contributed by atoms with Gasteiger partial charge in [-0.05, 0) is 41.5 Å². The number of carbonyl (C=O) groups excluding carboxylic acids is 1. The number of benzene rings is 1. The van der Waals surface area contributed by atoms with E-state index in [1.165, 1.54) is 5.56 Å². The molecule has 1 aromatic carbocycles. The third-order valence-corrected chi connectivity index (χ3v) is 4.23. The summed E-state index contributed by atoms with van der Waals surface area (Å²) in [6, 6.07) is 11.9. The van der Waals surface area contributed by atoms with Gasteiger partial charge in [-0.1, -0.05) is 32.0 Å².